The van der Waals surface area contributed by atoms with Crippen molar-refractivity contribution in [1.29, 1.82) is 0 Å². The van der Waals surface area contributed by atoms with Gasteiger partial charge in [-0.05, 0) is 66.9 Å². The fourth-order valence-electron chi connectivity index (χ4n) is 3.69. The van der Waals surface area contributed by atoms with E-state index in [4.69, 9.17) is 11.6 Å². The predicted molar refractivity (Wildman–Crippen MR) is 122 cm³/mol. The molecule has 4 nitrogen and oxygen atoms in total. The fourth-order valence-corrected chi connectivity index (χ4v) is 3.81. The van der Waals surface area contributed by atoms with Crippen LogP contribution in [0.4, 0.5) is 4.39 Å². The lowest BCUT2D eigenvalue weighted by Gasteiger charge is -2.15. The molecule has 158 valence electrons. The summed E-state index contributed by atoms with van der Waals surface area (Å²) in [5.41, 5.74) is 3.93. The first-order valence-corrected chi connectivity index (χ1v) is 10.6. The molecule has 0 spiro atoms. The van der Waals surface area contributed by atoms with E-state index in [0.29, 0.717) is 24.4 Å². The van der Waals surface area contributed by atoms with Crippen LogP contribution in [-0.4, -0.2) is 15.5 Å². The normalized spacial score (nSPS) is 12.1. The van der Waals surface area contributed by atoms with E-state index in [0.717, 1.165) is 27.9 Å². The van der Waals surface area contributed by atoms with E-state index < -0.39 is 0 Å². The number of nitrogens with zero attached hydrogens (tertiary/aromatic N) is 2. The van der Waals surface area contributed by atoms with Gasteiger partial charge in [0.2, 0.25) is 5.91 Å². The van der Waals surface area contributed by atoms with E-state index in [1.165, 1.54) is 12.1 Å². The Hall–Kier alpha value is -3.18. The molecule has 31 heavy (non-hydrogen) atoms. The van der Waals surface area contributed by atoms with Gasteiger partial charge in [-0.25, -0.2) is 9.37 Å². The SMILES string of the molecule is CC(NC(=O)CCc1cc2cccnc2n1Cc1ccc(Cl)cc1)c1ccc(F)cc1. The van der Waals surface area contributed by atoms with E-state index in [9.17, 15) is 9.18 Å². The molecule has 0 bridgehead atoms. The third-order valence-corrected chi connectivity index (χ3v) is 5.60. The molecule has 4 rings (SSSR count). The van der Waals surface area contributed by atoms with Gasteiger partial charge in [0.25, 0.3) is 0 Å². The van der Waals surface area contributed by atoms with Crippen molar-refractivity contribution in [2.24, 2.45) is 0 Å². The molecule has 0 fully saturated rings. The molecule has 2 aromatic heterocycles. The summed E-state index contributed by atoms with van der Waals surface area (Å²) in [5.74, 6) is -0.336. The number of pyridine rings is 1. The molecule has 1 amide bonds. The van der Waals surface area contributed by atoms with Crippen LogP contribution < -0.4 is 5.32 Å². The van der Waals surface area contributed by atoms with Crippen LogP contribution in [0.2, 0.25) is 5.02 Å². The summed E-state index contributed by atoms with van der Waals surface area (Å²) in [4.78, 5) is 17.1. The third kappa shape index (κ3) is 5.12. The maximum Gasteiger partial charge on any atom is 0.220 e. The summed E-state index contributed by atoms with van der Waals surface area (Å²) < 4.78 is 15.3. The molecule has 0 saturated heterocycles. The molecule has 6 heteroatoms. The average molecular weight is 436 g/mol. The quantitative estimate of drug-likeness (QED) is 0.405. The van der Waals surface area contributed by atoms with Crippen molar-refractivity contribution in [3.05, 3.63) is 101 Å². The second-order valence-corrected chi connectivity index (χ2v) is 8.04. The summed E-state index contributed by atoms with van der Waals surface area (Å²) in [6.45, 7) is 2.55. The Kier molecular flexibility index (Phi) is 6.33. The van der Waals surface area contributed by atoms with Crippen LogP contribution in [0.15, 0.2) is 72.9 Å². The van der Waals surface area contributed by atoms with Crippen molar-refractivity contribution in [2.75, 3.05) is 0 Å². The minimum Gasteiger partial charge on any atom is -0.350 e. The standard InChI is InChI=1S/C25H23ClFN3O/c1-17(19-6-10-22(27)11-7-19)29-24(31)13-12-23-15-20-3-2-14-28-25(20)30(23)16-18-4-8-21(26)9-5-18/h2-11,14-15,17H,12-13,16H2,1H3,(H,29,31). The Morgan fingerprint density at radius 1 is 1.13 bits per heavy atom. The number of aryl methyl sites for hydroxylation is 1. The molecule has 0 saturated carbocycles. The Balaban J connectivity index is 1.48. The Labute approximate surface area is 185 Å². The number of halogens is 2. The van der Waals surface area contributed by atoms with Crippen molar-refractivity contribution < 1.29 is 9.18 Å². The van der Waals surface area contributed by atoms with Gasteiger partial charge in [-0.1, -0.05) is 35.9 Å². The maximum absolute atomic E-state index is 13.1. The number of hydrogen-bond donors (Lipinski definition) is 1. The van der Waals surface area contributed by atoms with Crippen molar-refractivity contribution in [1.82, 2.24) is 14.9 Å². The molecule has 0 aliphatic rings. The zero-order chi connectivity index (χ0) is 21.8. The molecular weight excluding hydrogens is 413 g/mol. The highest BCUT2D eigenvalue weighted by molar-refractivity contribution is 6.30. The van der Waals surface area contributed by atoms with Gasteiger partial charge in [-0.2, -0.15) is 0 Å². The average Bonchev–Trinajstić information content (AvgIpc) is 3.11. The smallest absolute Gasteiger partial charge is 0.220 e. The largest absolute Gasteiger partial charge is 0.350 e. The van der Waals surface area contributed by atoms with E-state index >= 15 is 0 Å². The van der Waals surface area contributed by atoms with Gasteiger partial charge < -0.3 is 9.88 Å². The lowest BCUT2D eigenvalue weighted by atomic mass is 10.1. The van der Waals surface area contributed by atoms with E-state index in [1.807, 2.05) is 43.3 Å². The number of carbonyl (C=O) groups is 1. The van der Waals surface area contributed by atoms with Crippen LogP contribution >= 0.6 is 11.6 Å². The number of benzene rings is 2. The summed E-state index contributed by atoms with van der Waals surface area (Å²) in [7, 11) is 0. The molecule has 2 heterocycles. The van der Waals surface area contributed by atoms with E-state index in [-0.39, 0.29) is 17.8 Å². The molecule has 4 aromatic rings. The van der Waals surface area contributed by atoms with Gasteiger partial charge >= 0.3 is 0 Å². The first-order valence-electron chi connectivity index (χ1n) is 10.2. The molecule has 0 aliphatic carbocycles. The molecule has 0 radical (unpaired) electrons. The minimum atomic E-state index is -0.288. The van der Waals surface area contributed by atoms with Gasteiger partial charge in [0.05, 0.1) is 6.04 Å². The summed E-state index contributed by atoms with van der Waals surface area (Å²) in [6.07, 6.45) is 2.72. The highest BCUT2D eigenvalue weighted by atomic mass is 35.5. The Morgan fingerprint density at radius 3 is 2.61 bits per heavy atom. The molecule has 1 N–H and O–H groups in total. The van der Waals surface area contributed by atoms with Crippen LogP contribution in [-0.2, 0) is 17.8 Å². The van der Waals surface area contributed by atoms with Crippen LogP contribution in [0.25, 0.3) is 11.0 Å². The predicted octanol–water partition coefficient (Wildman–Crippen LogP) is 5.69. The highest BCUT2D eigenvalue weighted by Crippen LogP contribution is 2.22. The summed E-state index contributed by atoms with van der Waals surface area (Å²) in [5, 5.41) is 4.74. The first-order chi connectivity index (χ1) is 15.0. The number of nitrogens with one attached hydrogen (secondary N) is 1. The fraction of sp³-hybridized carbons (Fsp3) is 0.200. The molecular formula is C25H23ClFN3O. The molecule has 0 aliphatic heterocycles. The number of hydrogen-bond acceptors (Lipinski definition) is 2. The van der Waals surface area contributed by atoms with Gasteiger partial charge in [-0.3, -0.25) is 4.79 Å². The van der Waals surface area contributed by atoms with Gasteiger partial charge in [0.1, 0.15) is 11.5 Å². The van der Waals surface area contributed by atoms with Crippen LogP contribution in [0, 0.1) is 5.82 Å². The number of carbonyl (C=O) groups excluding carboxylic acids is 1. The first kappa shape index (κ1) is 21.1. The van der Waals surface area contributed by atoms with E-state index in [2.05, 4.69) is 20.9 Å². The zero-order valence-corrected chi connectivity index (χ0v) is 17.9. The number of amides is 1. The second kappa shape index (κ2) is 9.31. The zero-order valence-electron chi connectivity index (χ0n) is 17.2. The second-order valence-electron chi connectivity index (χ2n) is 7.61. The number of rotatable bonds is 7. The minimum absolute atomic E-state index is 0.0481. The van der Waals surface area contributed by atoms with Crippen LogP contribution in [0.5, 0.6) is 0 Å². The van der Waals surface area contributed by atoms with Gasteiger partial charge in [0, 0.05) is 35.3 Å². The monoisotopic (exact) mass is 435 g/mol. The topological polar surface area (TPSA) is 46.9 Å². The maximum atomic E-state index is 13.1. The van der Waals surface area contributed by atoms with Gasteiger partial charge in [0.15, 0.2) is 0 Å². The Morgan fingerprint density at radius 2 is 1.87 bits per heavy atom. The number of fused-ring (bicyclic) bond motifs is 1. The number of aromatic nitrogens is 2. The Bertz CT molecular complexity index is 1190. The molecule has 1 unspecified atom stereocenters. The summed E-state index contributed by atoms with van der Waals surface area (Å²) in [6, 6.07) is 19.8. The van der Waals surface area contributed by atoms with Gasteiger partial charge in [-0.15, -0.1) is 0 Å². The van der Waals surface area contributed by atoms with Crippen molar-refractivity contribution in [3.8, 4) is 0 Å². The van der Waals surface area contributed by atoms with Crippen molar-refractivity contribution in [3.63, 3.8) is 0 Å². The molecule has 1 atom stereocenters. The lowest BCUT2D eigenvalue weighted by Crippen LogP contribution is -2.27. The van der Waals surface area contributed by atoms with Crippen molar-refractivity contribution >= 4 is 28.5 Å². The van der Waals surface area contributed by atoms with E-state index in [1.54, 1.807) is 18.3 Å². The van der Waals surface area contributed by atoms with Crippen LogP contribution in [0.3, 0.4) is 0 Å². The molecule has 2 aromatic carbocycles. The van der Waals surface area contributed by atoms with Crippen molar-refractivity contribution in [2.45, 2.75) is 32.4 Å². The summed E-state index contributed by atoms with van der Waals surface area (Å²) >= 11 is 6.02. The highest BCUT2D eigenvalue weighted by Gasteiger charge is 2.14. The van der Waals surface area contributed by atoms with Crippen LogP contribution in [0.1, 0.15) is 36.2 Å². The third-order valence-electron chi connectivity index (χ3n) is 5.35. The lowest BCUT2D eigenvalue weighted by molar-refractivity contribution is -0.121.